The molecule has 9 heteroatoms. The van der Waals surface area contributed by atoms with Gasteiger partial charge in [-0.2, -0.15) is 0 Å². The Balaban J connectivity index is 1.55. The van der Waals surface area contributed by atoms with Crippen LogP contribution in [0.4, 0.5) is 5.69 Å². The zero-order valence-electron chi connectivity index (χ0n) is 19.6. The van der Waals surface area contributed by atoms with Crippen molar-refractivity contribution >= 4 is 44.2 Å². The first kappa shape index (κ1) is 24.4. The molecule has 4 rings (SSSR count). The first-order chi connectivity index (χ1) is 16.7. The molecule has 1 aliphatic rings. The number of carbonyl (C=O) groups is 3. The summed E-state index contributed by atoms with van der Waals surface area (Å²) in [5.74, 6) is -1.53. The SMILES string of the molecule is CCCC(=O)N1CC(C(=O)NS(=O)(=O)c2ccc(NC(=O)c3ccccc3C)c3ccccc23)C1. The molecule has 35 heavy (non-hydrogen) atoms. The number of anilines is 1. The number of amides is 3. The Kier molecular flexibility index (Phi) is 6.88. The Morgan fingerprint density at radius 2 is 1.60 bits per heavy atom. The van der Waals surface area contributed by atoms with E-state index in [1.807, 2.05) is 26.0 Å². The lowest BCUT2D eigenvalue weighted by atomic mass is 9.99. The minimum atomic E-state index is -4.18. The van der Waals surface area contributed by atoms with Gasteiger partial charge in [0.15, 0.2) is 0 Å². The number of likely N-dealkylation sites (tertiary alicyclic amines) is 1. The van der Waals surface area contributed by atoms with E-state index in [2.05, 4.69) is 10.0 Å². The first-order valence-corrected chi connectivity index (χ1v) is 12.9. The zero-order valence-corrected chi connectivity index (χ0v) is 20.4. The molecule has 182 valence electrons. The highest BCUT2D eigenvalue weighted by Crippen LogP contribution is 2.30. The molecular weight excluding hydrogens is 466 g/mol. The maximum atomic E-state index is 13.1. The molecule has 3 aromatic rings. The fraction of sp³-hybridized carbons (Fsp3) is 0.269. The molecule has 2 N–H and O–H groups in total. The highest BCUT2D eigenvalue weighted by molar-refractivity contribution is 7.90. The molecule has 0 aliphatic carbocycles. The van der Waals surface area contributed by atoms with Gasteiger partial charge < -0.3 is 10.2 Å². The second-order valence-corrected chi connectivity index (χ2v) is 10.3. The quantitative estimate of drug-likeness (QED) is 0.523. The van der Waals surface area contributed by atoms with E-state index in [9.17, 15) is 22.8 Å². The molecule has 1 fully saturated rings. The average molecular weight is 494 g/mol. The third-order valence-electron chi connectivity index (χ3n) is 6.12. The lowest BCUT2D eigenvalue weighted by Crippen LogP contribution is -2.56. The predicted octanol–water partition coefficient (Wildman–Crippen LogP) is 3.46. The average Bonchev–Trinajstić information content (AvgIpc) is 2.78. The van der Waals surface area contributed by atoms with E-state index in [4.69, 9.17) is 0 Å². The summed E-state index contributed by atoms with van der Waals surface area (Å²) < 4.78 is 28.4. The molecule has 8 nitrogen and oxygen atoms in total. The van der Waals surface area contributed by atoms with Crippen LogP contribution in [0, 0.1) is 12.8 Å². The van der Waals surface area contributed by atoms with E-state index in [0.29, 0.717) is 28.4 Å². The lowest BCUT2D eigenvalue weighted by Gasteiger charge is -2.38. The van der Waals surface area contributed by atoms with E-state index in [-0.39, 0.29) is 29.8 Å². The standard InChI is InChI=1S/C26H27N3O5S/c1-3-8-24(30)29-15-18(16-29)25(31)28-35(33,34)23-14-13-22(20-11-6-7-12-21(20)23)27-26(32)19-10-5-4-9-17(19)2/h4-7,9-14,18H,3,8,15-16H2,1-2H3,(H,27,32)(H,28,31). The van der Waals surface area contributed by atoms with Crippen LogP contribution in [0.3, 0.4) is 0 Å². The Morgan fingerprint density at radius 3 is 2.29 bits per heavy atom. The van der Waals surface area contributed by atoms with Crippen molar-refractivity contribution in [2.24, 2.45) is 5.92 Å². The van der Waals surface area contributed by atoms with Gasteiger partial charge in [-0.05, 0) is 37.1 Å². The van der Waals surface area contributed by atoms with E-state index >= 15 is 0 Å². The molecule has 0 radical (unpaired) electrons. The van der Waals surface area contributed by atoms with Gasteiger partial charge in [0.25, 0.3) is 15.9 Å². The van der Waals surface area contributed by atoms with Crippen LogP contribution in [0.1, 0.15) is 35.7 Å². The van der Waals surface area contributed by atoms with Crippen molar-refractivity contribution in [3.8, 4) is 0 Å². The molecular formula is C26H27N3O5S. The molecule has 3 amide bonds. The number of aryl methyl sites for hydroxylation is 1. The summed E-state index contributed by atoms with van der Waals surface area (Å²) in [6, 6.07) is 16.9. The van der Waals surface area contributed by atoms with Crippen molar-refractivity contribution in [2.75, 3.05) is 18.4 Å². The summed E-state index contributed by atoms with van der Waals surface area (Å²) in [5, 5.41) is 3.78. The highest BCUT2D eigenvalue weighted by atomic mass is 32.2. The molecule has 1 aliphatic heterocycles. The molecule has 0 spiro atoms. The van der Waals surface area contributed by atoms with Crippen molar-refractivity contribution in [1.29, 1.82) is 0 Å². The fourth-order valence-corrected chi connectivity index (χ4v) is 5.38. The predicted molar refractivity (Wildman–Crippen MR) is 133 cm³/mol. The van der Waals surface area contributed by atoms with Crippen LogP contribution in [0.2, 0.25) is 0 Å². The third kappa shape index (κ3) is 5.05. The minimum Gasteiger partial charge on any atom is -0.341 e. The van der Waals surface area contributed by atoms with E-state index in [1.54, 1.807) is 41.3 Å². The van der Waals surface area contributed by atoms with Crippen LogP contribution in [0.25, 0.3) is 10.8 Å². The topological polar surface area (TPSA) is 113 Å². The maximum absolute atomic E-state index is 13.1. The van der Waals surface area contributed by atoms with Crippen LogP contribution < -0.4 is 10.0 Å². The van der Waals surface area contributed by atoms with Crippen molar-refractivity contribution in [1.82, 2.24) is 9.62 Å². The summed E-state index contributed by atoms with van der Waals surface area (Å²) in [4.78, 5) is 38.8. The van der Waals surface area contributed by atoms with Gasteiger partial charge in [0, 0.05) is 41.5 Å². The van der Waals surface area contributed by atoms with Gasteiger partial charge in [0.2, 0.25) is 11.8 Å². The van der Waals surface area contributed by atoms with Crippen molar-refractivity contribution in [3.63, 3.8) is 0 Å². The lowest BCUT2D eigenvalue weighted by molar-refractivity contribution is -0.142. The summed E-state index contributed by atoms with van der Waals surface area (Å²) in [5.41, 5.74) is 1.80. The van der Waals surface area contributed by atoms with Gasteiger partial charge in [-0.15, -0.1) is 0 Å². The molecule has 0 unspecified atom stereocenters. The number of benzene rings is 3. The van der Waals surface area contributed by atoms with Crippen LogP contribution in [-0.2, 0) is 19.6 Å². The van der Waals surface area contributed by atoms with Crippen molar-refractivity contribution < 1.29 is 22.8 Å². The molecule has 1 saturated heterocycles. The second-order valence-electron chi connectivity index (χ2n) is 8.64. The second kappa shape index (κ2) is 9.87. The zero-order chi connectivity index (χ0) is 25.2. The summed E-state index contributed by atoms with van der Waals surface area (Å²) in [7, 11) is -4.18. The Bertz CT molecular complexity index is 1410. The molecule has 0 aromatic heterocycles. The number of nitrogens with zero attached hydrogens (tertiary/aromatic N) is 1. The monoisotopic (exact) mass is 493 g/mol. The molecule has 0 bridgehead atoms. The van der Waals surface area contributed by atoms with Crippen LogP contribution in [-0.4, -0.2) is 44.1 Å². The highest BCUT2D eigenvalue weighted by Gasteiger charge is 2.37. The van der Waals surface area contributed by atoms with Crippen LogP contribution in [0.5, 0.6) is 0 Å². The number of hydrogen-bond acceptors (Lipinski definition) is 5. The van der Waals surface area contributed by atoms with Crippen molar-refractivity contribution in [2.45, 2.75) is 31.6 Å². The van der Waals surface area contributed by atoms with Crippen LogP contribution >= 0.6 is 0 Å². The van der Waals surface area contributed by atoms with Gasteiger partial charge >= 0.3 is 0 Å². The van der Waals surface area contributed by atoms with Crippen molar-refractivity contribution in [3.05, 3.63) is 71.8 Å². The van der Waals surface area contributed by atoms with Gasteiger partial charge in [0.05, 0.1) is 10.8 Å². The minimum absolute atomic E-state index is 0.0336. The first-order valence-electron chi connectivity index (χ1n) is 11.4. The number of hydrogen-bond donors (Lipinski definition) is 2. The Labute approximate surface area is 204 Å². The van der Waals surface area contributed by atoms with Crippen LogP contribution in [0.15, 0.2) is 65.6 Å². The number of fused-ring (bicyclic) bond motifs is 1. The number of carbonyl (C=O) groups excluding carboxylic acids is 3. The number of nitrogens with one attached hydrogen (secondary N) is 2. The Morgan fingerprint density at radius 1 is 0.943 bits per heavy atom. The maximum Gasteiger partial charge on any atom is 0.264 e. The normalized spacial score (nSPS) is 13.8. The largest absolute Gasteiger partial charge is 0.341 e. The van der Waals surface area contributed by atoms with E-state index < -0.39 is 21.8 Å². The summed E-state index contributed by atoms with van der Waals surface area (Å²) >= 11 is 0. The molecule has 1 heterocycles. The molecule has 0 atom stereocenters. The number of rotatable bonds is 7. The van der Waals surface area contributed by atoms with E-state index in [0.717, 1.165) is 12.0 Å². The van der Waals surface area contributed by atoms with Gasteiger partial charge in [0.1, 0.15) is 0 Å². The van der Waals surface area contributed by atoms with E-state index in [1.165, 1.54) is 12.1 Å². The Hall–Kier alpha value is -3.72. The number of sulfonamides is 1. The summed E-state index contributed by atoms with van der Waals surface area (Å²) in [6.45, 7) is 4.17. The summed E-state index contributed by atoms with van der Waals surface area (Å²) in [6.07, 6.45) is 1.13. The third-order valence-corrected chi connectivity index (χ3v) is 7.52. The molecule has 0 saturated carbocycles. The van der Waals surface area contributed by atoms with Gasteiger partial charge in [-0.1, -0.05) is 49.4 Å². The molecule has 3 aromatic carbocycles. The van der Waals surface area contributed by atoms with Gasteiger partial charge in [-0.25, -0.2) is 13.1 Å². The van der Waals surface area contributed by atoms with Gasteiger partial charge in [-0.3, -0.25) is 14.4 Å². The smallest absolute Gasteiger partial charge is 0.264 e. The fourth-order valence-electron chi connectivity index (χ4n) is 4.12.